The van der Waals surface area contributed by atoms with Crippen LogP contribution in [-0.2, 0) is 14.3 Å². The molecule has 0 bridgehead atoms. The Labute approximate surface area is 222 Å². The molecule has 0 aliphatic heterocycles. The molecule has 0 heterocycles. The molecule has 4 heteroatoms. The monoisotopic (exact) mass is 502 g/mol. The predicted molar refractivity (Wildman–Crippen MR) is 153 cm³/mol. The minimum absolute atomic E-state index is 0.0168. The molecule has 4 nitrogen and oxygen atoms in total. The molecule has 0 saturated carbocycles. The van der Waals surface area contributed by atoms with Crippen molar-refractivity contribution in [1.29, 1.82) is 0 Å². The summed E-state index contributed by atoms with van der Waals surface area (Å²) in [5, 5.41) is 8.74. The van der Waals surface area contributed by atoms with Crippen molar-refractivity contribution >= 4 is 11.9 Å². The smallest absolute Gasteiger partial charge is 0.306 e. The second kappa shape index (κ2) is 27.5. The lowest BCUT2D eigenvalue weighted by Gasteiger charge is -2.18. The Morgan fingerprint density at radius 1 is 0.639 bits per heavy atom. The number of carboxylic acid groups (broad SMARTS) is 1. The summed E-state index contributed by atoms with van der Waals surface area (Å²) >= 11 is 0. The molecule has 0 aromatic rings. The first-order chi connectivity index (χ1) is 17.6. The molecule has 0 amide bonds. The van der Waals surface area contributed by atoms with Gasteiger partial charge in [0.05, 0.1) is 0 Å². The minimum atomic E-state index is -0.722. The van der Waals surface area contributed by atoms with Crippen molar-refractivity contribution in [2.75, 3.05) is 0 Å². The summed E-state index contributed by atoms with van der Waals surface area (Å²) in [6, 6.07) is 0. The van der Waals surface area contributed by atoms with E-state index < -0.39 is 5.97 Å². The van der Waals surface area contributed by atoms with E-state index in [-0.39, 0.29) is 18.5 Å². The van der Waals surface area contributed by atoms with Crippen molar-refractivity contribution in [3.63, 3.8) is 0 Å². The minimum Gasteiger partial charge on any atom is -0.481 e. The van der Waals surface area contributed by atoms with Gasteiger partial charge < -0.3 is 9.84 Å². The van der Waals surface area contributed by atoms with E-state index in [1.54, 1.807) is 0 Å². The molecule has 0 radical (unpaired) electrons. The SMILES string of the molecule is CC/C=C\C/C=C\C/C=C\C/C=C\CCCCC(=O)OC(CCCCCC)CCCCCCC(=O)O. The van der Waals surface area contributed by atoms with Crippen LogP contribution in [0.25, 0.3) is 0 Å². The highest BCUT2D eigenvalue weighted by Crippen LogP contribution is 2.17. The maximum Gasteiger partial charge on any atom is 0.306 e. The van der Waals surface area contributed by atoms with Crippen LogP contribution in [0.1, 0.15) is 136 Å². The van der Waals surface area contributed by atoms with Crippen molar-refractivity contribution in [3.05, 3.63) is 48.6 Å². The topological polar surface area (TPSA) is 63.6 Å². The molecule has 0 spiro atoms. The molecule has 0 aliphatic rings. The fourth-order valence-corrected chi connectivity index (χ4v) is 3.94. The lowest BCUT2D eigenvalue weighted by molar-refractivity contribution is -0.150. The van der Waals surface area contributed by atoms with E-state index >= 15 is 0 Å². The molecule has 1 N–H and O–H groups in total. The lowest BCUT2D eigenvalue weighted by Crippen LogP contribution is -2.18. The van der Waals surface area contributed by atoms with E-state index in [2.05, 4.69) is 62.5 Å². The van der Waals surface area contributed by atoms with Crippen LogP contribution in [0.5, 0.6) is 0 Å². The van der Waals surface area contributed by atoms with Crippen LogP contribution in [0.3, 0.4) is 0 Å². The number of rotatable bonds is 25. The van der Waals surface area contributed by atoms with E-state index in [9.17, 15) is 9.59 Å². The first kappa shape index (κ1) is 33.9. The number of unbranched alkanes of at least 4 members (excludes halogenated alkanes) is 8. The number of ether oxygens (including phenoxy) is 1. The molecule has 0 rings (SSSR count). The van der Waals surface area contributed by atoms with Gasteiger partial charge in [-0.1, -0.05) is 94.6 Å². The van der Waals surface area contributed by atoms with Gasteiger partial charge in [0.2, 0.25) is 0 Å². The van der Waals surface area contributed by atoms with Crippen molar-refractivity contribution in [2.24, 2.45) is 0 Å². The van der Waals surface area contributed by atoms with Crippen LogP contribution in [0.4, 0.5) is 0 Å². The van der Waals surface area contributed by atoms with Gasteiger partial charge in [-0.2, -0.15) is 0 Å². The molecular weight excluding hydrogens is 448 g/mol. The summed E-state index contributed by atoms with van der Waals surface area (Å²) in [4.78, 5) is 23.0. The van der Waals surface area contributed by atoms with Gasteiger partial charge in [-0.05, 0) is 77.0 Å². The Kier molecular flexibility index (Phi) is 25.9. The average Bonchev–Trinajstić information content (AvgIpc) is 2.85. The maximum absolute atomic E-state index is 12.4. The zero-order valence-corrected chi connectivity index (χ0v) is 23.3. The molecule has 0 aliphatic carbocycles. The number of allylic oxidation sites excluding steroid dienone is 8. The zero-order valence-electron chi connectivity index (χ0n) is 23.3. The molecule has 0 fully saturated rings. The van der Waals surface area contributed by atoms with Crippen molar-refractivity contribution in [1.82, 2.24) is 0 Å². The second-order valence-corrected chi connectivity index (χ2v) is 9.55. The van der Waals surface area contributed by atoms with E-state index in [0.29, 0.717) is 6.42 Å². The quantitative estimate of drug-likeness (QED) is 0.0766. The van der Waals surface area contributed by atoms with Gasteiger partial charge in [0.25, 0.3) is 0 Å². The van der Waals surface area contributed by atoms with E-state index in [0.717, 1.165) is 89.9 Å². The van der Waals surface area contributed by atoms with E-state index in [1.165, 1.54) is 19.3 Å². The zero-order chi connectivity index (χ0) is 26.5. The Balaban J connectivity index is 3.98. The molecule has 36 heavy (non-hydrogen) atoms. The predicted octanol–water partition coefficient (Wildman–Crippen LogP) is 9.66. The highest BCUT2D eigenvalue weighted by molar-refractivity contribution is 5.69. The molecular formula is C32H54O4. The fourth-order valence-electron chi connectivity index (χ4n) is 3.94. The van der Waals surface area contributed by atoms with Crippen LogP contribution in [0, 0.1) is 0 Å². The van der Waals surface area contributed by atoms with Gasteiger partial charge in [0.1, 0.15) is 6.10 Å². The Morgan fingerprint density at radius 2 is 1.17 bits per heavy atom. The highest BCUT2D eigenvalue weighted by Gasteiger charge is 2.14. The van der Waals surface area contributed by atoms with Crippen molar-refractivity contribution in [3.8, 4) is 0 Å². The van der Waals surface area contributed by atoms with Gasteiger partial charge in [0.15, 0.2) is 0 Å². The molecule has 1 atom stereocenters. The van der Waals surface area contributed by atoms with Crippen LogP contribution < -0.4 is 0 Å². The summed E-state index contributed by atoms with van der Waals surface area (Å²) in [5.41, 5.74) is 0. The molecule has 0 aromatic heterocycles. The number of carbonyl (C=O) groups is 2. The van der Waals surface area contributed by atoms with Gasteiger partial charge >= 0.3 is 11.9 Å². The Hall–Kier alpha value is -2.10. The van der Waals surface area contributed by atoms with Crippen LogP contribution in [0.2, 0.25) is 0 Å². The van der Waals surface area contributed by atoms with Gasteiger partial charge in [-0.25, -0.2) is 0 Å². The average molecular weight is 503 g/mol. The summed E-state index contributed by atoms with van der Waals surface area (Å²) in [5.74, 6) is -0.786. The van der Waals surface area contributed by atoms with Crippen LogP contribution >= 0.6 is 0 Å². The fraction of sp³-hybridized carbons (Fsp3) is 0.688. The van der Waals surface area contributed by atoms with Crippen LogP contribution in [0.15, 0.2) is 48.6 Å². The van der Waals surface area contributed by atoms with Gasteiger partial charge in [0, 0.05) is 12.8 Å². The number of aliphatic carboxylic acids is 1. The number of carbonyl (C=O) groups excluding carboxylic acids is 1. The van der Waals surface area contributed by atoms with Gasteiger partial charge in [-0.15, -0.1) is 0 Å². The number of carboxylic acids is 1. The standard InChI is InChI=1S/C32H54O4/c1-3-5-7-9-10-11-12-13-14-15-16-17-18-19-25-29-32(35)36-30(26-22-8-6-4-2)27-23-20-21-24-28-31(33)34/h5,7,10-11,13-14,16-17,30H,3-4,6,8-9,12,15,18-29H2,1-2H3,(H,33,34)/b7-5-,11-10-,14-13-,17-16-. The largest absolute Gasteiger partial charge is 0.481 e. The second-order valence-electron chi connectivity index (χ2n) is 9.55. The lowest BCUT2D eigenvalue weighted by atomic mass is 10.0. The Morgan fingerprint density at radius 3 is 1.75 bits per heavy atom. The van der Waals surface area contributed by atoms with Crippen LogP contribution in [-0.4, -0.2) is 23.1 Å². The summed E-state index contributed by atoms with van der Waals surface area (Å²) in [6.07, 6.45) is 35.6. The maximum atomic E-state index is 12.4. The first-order valence-electron chi connectivity index (χ1n) is 14.6. The number of hydrogen-bond donors (Lipinski definition) is 1. The van der Waals surface area contributed by atoms with Crippen molar-refractivity contribution in [2.45, 2.75) is 142 Å². The third-order valence-electron chi connectivity index (χ3n) is 6.07. The van der Waals surface area contributed by atoms with E-state index in [4.69, 9.17) is 9.84 Å². The van der Waals surface area contributed by atoms with E-state index in [1.807, 2.05) is 0 Å². The first-order valence-corrected chi connectivity index (χ1v) is 14.6. The van der Waals surface area contributed by atoms with Crippen molar-refractivity contribution < 1.29 is 19.4 Å². The Bertz CT molecular complexity index is 630. The molecule has 0 aromatic carbocycles. The molecule has 206 valence electrons. The third-order valence-corrected chi connectivity index (χ3v) is 6.07. The number of hydrogen-bond acceptors (Lipinski definition) is 3. The summed E-state index contributed by atoms with van der Waals surface area (Å²) in [7, 11) is 0. The molecule has 1 unspecified atom stereocenters. The molecule has 0 saturated heterocycles. The highest BCUT2D eigenvalue weighted by atomic mass is 16.5. The summed E-state index contributed by atoms with van der Waals surface area (Å²) < 4.78 is 5.83. The summed E-state index contributed by atoms with van der Waals surface area (Å²) in [6.45, 7) is 4.35. The van der Waals surface area contributed by atoms with Gasteiger partial charge in [-0.3, -0.25) is 9.59 Å². The number of esters is 1. The third kappa shape index (κ3) is 26.5. The normalized spacial score (nSPS) is 12.9.